The van der Waals surface area contributed by atoms with Crippen LogP contribution in [-0.2, 0) is 4.74 Å². The van der Waals surface area contributed by atoms with Crippen LogP contribution < -0.4 is 16.2 Å². The van der Waals surface area contributed by atoms with Crippen molar-refractivity contribution in [3.8, 4) is 5.75 Å². The van der Waals surface area contributed by atoms with Gasteiger partial charge < -0.3 is 15.2 Å². The lowest BCUT2D eigenvalue weighted by molar-refractivity contribution is 0.0492. The maximum Gasteiger partial charge on any atom is 0.250 e. The Balaban J connectivity index is 1.55. The minimum absolute atomic E-state index is 0.127. The lowest BCUT2D eigenvalue weighted by atomic mass is 10.2. The van der Waals surface area contributed by atoms with Crippen molar-refractivity contribution < 1.29 is 9.84 Å². The molecule has 1 saturated heterocycles. The van der Waals surface area contributed by atoms with E-state index in [-0.39, 0.29) is 11.7 Å². The monoisotopic (exact) mass is 440 g/mol. The number of halogens is 1. The Morgan fingerprint density at radius 1 is 1.00 bits per heavy atom. The van der Waals surface area contributed by atoms with Crippen molar-refractivity contribution in [1.82, 2.24) is 20.0 Å². The molecular formula is C20H21ClN8O2. The normalized spacial score (nSPS) is 14.5. The zero-order chi connectivity index (χ0) is 21.5. The van der Waals surface area contributed by atoms with E-state index in [1.807, 2.05) is 17.1 Å². The first-order chi connectivity index (χ1) is 15.2. The molecule has 1 aromatic heterocycles. The second kappa shape index (κ2) is 10.0. The summed E-state index contributed by atoms with van der Waals surface area (Å²) in [5.41, 5.74) is 7.25. The van der Waals surface area contributed by atoms with Crippen LogP contribution in [-0.4, -0.2) is 57.6 Å². The van der Waals surface area contributed by atoms with E-state index in [2.05, 4.69) is 36.2 Å². The number of morpholine rings is 1. The summed E-state index contributed by atoms with van der Waals surface area (Å²) in [6, 6.07) is 14.1. The van der Waals surface area contributed by atoms with Crippen molar-refractivity contribution in [2.24, 2.45) is 5.10 Å². The molecule has 0 unspecified atom stereocenters. The van der Waals surface area contributed by atoms with Crippen molar-refractivity contribution >= 4 is 41.3 Å². The Labute approximate surface area is 183 Å². The number of hydrazone groups is 1. The Hall–Kier alpha value is -3.47. The molecule has 4 N–H and O–H groups in total. The Bertz CT molecular complexity index is 1060. The molecule has 3 aromatic rings. The molecule has 2 heterocycles. The van der Waals surface area contributed by atoms with Crippen molar-refractivity contribution in [1.29, 1.82) is 0 Å². The smallest absolute Gasteiger partial charge is 0.250 e. The predicted molar refractivity (Wildman–Crippen MR) is 120 cm³/mol. The van der Waals surface area contributed by atoms with Crippen molar-refractivity contribution in [3.63, 3.8) is 0 Å². The first-order valence-corrected chi connectivity index (χ1v) is 9.98. The third-order valence-electron chi connectivity index (χ3n) is 4.29. The van der Waals surface area contributed by atoms with E-state index in [0.29, 0.717) is 48.8 Å². The summed E-state index contributed by atoms with van der Waals surface area (Å²) in [5, 5.41) is 19.7. The van der Waals surface area contributed by atoms with Gasteiger partial charge in [-0.2, -0.15) is 20.1 Å². The number of phenols is 1. The number of ether oxygens (including phenoxy) is 1. The molecule has 2 aromatic carbocycles. The zero-order valence-electron chi connectivity index (χ0n) is 16.5. The van der Waals surface area contributed by atoms with Crippen LogP contribution in [0.25, 0.3) is 0 Å². The third-order valence-corrected chi connectivity index (χ3v) is 4.53. The standard InChI is InChI=1S/C20H21ClN8O2/c21-15-5-3-6-16(12-15)23-18-24-19(27-22-13-14-4-1-2-7-17(14)30)26-20(25-18)28-29-8-10-31-11-9-29/h1-7,12-13,30H,8-11H2,(H3,23,24,25,26,27,28)/b22-13+. The van der Waals surface area contributed by atoms with Crippen molar-refractivity contribution in [2.75, 3.05) is 42.5 Å². The van der Waals surface area contributed by atoms with Crippen LogP contribution in [0.1, 0.15) is 5.56 Å². The molecule has 10 nitrogen and oxygen atoms in total. The SMILES string of the molecule is Oc1ccccc1/C=N/Nc1nc(Nc2cccc(Cl)c2)nc(NN2CCOCC2)n1. The summed E-state index contributed by atoms with van der Waals surface area (Å²) in [6.45, 7) is 2.66. The quantitative estimate of drug-likeness (QED) is 0.324. The van der Waals surface area contributed by atoms with E-state index in [1.165, 1.54) is 6.21 Å². The lowest BCUT2D eigenvalue weighted by Crippen LogP contribution is -2.40. The van der Waals surface area contributed by atoms with Gasteiger partial charge in [0.15, 0.2) is 0 Å². The van der Waals surface area contributed by atoms with Gasteiger partial charge in [-0.15, -0.1) is 0 Å². The van der Waals surface area contributed by atoms with Gasteiger partial charge in [0.25, 0.3) is 0 Å². The molecule has 0 bridgehead atoms. The van der Waals surface area contributed by atoms with E-state index < -0.39 is 0 Å². The molecule has 0 atom stereocenters. The van der Waals surface area contributed by atoms with Crippen LogP contribution in [0.3, 0.4) is 0 Å². The molecule has 1 aliphatic rings. The van der Waals surface area contributed by atoms with Gasteiger partial charge in [-0.3, -0.25) is 5.43 Å². The first-order valence-electron chi connectivity index (χ1n) is 9.61. The van der Waals surface area contributed by atoms with Gasteiger partial charge in [0.2, 0.25) is 17.8 Å². The van der Waals surface area contributed by atoms with Crippen LogP contribution >= 0.6 is 11.6 Å². The first kappa shape index (κ1) is 20.8. The van der Waals surface area contributed by atoms with Crippen LogP contribution in [0.4, 0.5) is 23.5 Å². The summed E-state index contributed by atoms with van der Waals surface area (Å²) in [4.78, 5) is 13.2. The molecular weight excluding hydrogens is 420 g/mol. The number of hydrazine groups is 1. The summed E-state index contributed by atoms with van der Waals surface area (Å²) in [7, 11) is 0. The largest absolute Gasteiger partial charge is 0.507 e. The number of nitrogens with zero attached hydrogens (tertiary/aromatic N) is 5. The Morgan fingerprint density at radius 2 is 1.77 bits per heavy atom. The minimum atomic E-state index is 0.127. The van der Waals surface area contributed by atoms with Crippen LogP contribution in [0.2, 0.25) is 5.02 Å². The summed E-state index contributed by atoms with van der Waals surface area (Å²) < 4.78 is 5.37. The minimum Gasteiger partial charge on any atom is -0.507 e. The number of aromatic hydroxyl groups is 1. The maximum atomic E-state index is 9.86. The van der Waals surface area contributed by atoms with Gasteiger partial charge >= 0.3 is 0 Å². The second-order valence-corrected chi connectivity index (χ2v) is 7.02. The highest BCUT2D eigenvalue weighted by atomic mass is 35.5. The van der Waals surface area contributed by atoms with Gasteiger partial charge in [0, 0.05) is 29.4 Å². The molecule has 0 aliphatic carbocycles. The number of hydrogen-bond donors (Lipinski definition) is 4. The number of anilines is 4. The summed E-state index contributed by atoms with van der Waals surface area (Å²) in [5.74, 6) is 1.01. The van der Waals surface area contributed by atoms with Crippen LogP contribution in [0, 0.1) is 0 Å². The highest BCUT2D eigenvalue weighted by Crippen LogP contribution is 2.20. The zero-order valence-corrected chi connectivity index (χ0v) is 17.3. The number of hydrogen-bond acceptors (Lipinski definition) is 10. The number of aromatic nitrogens is 3. The molecule has 160 valence electrons. The maximum absolute atomic E-state index is 9.86. The molecule has 1 aliphatic heterocycles. The summed E-state index contributed by atoms with van der Waals surface area (Å²) in [6.07, 6.45) is 1.48. The van der Waals surface area contributed by atoms with Gasteiger partial charge in [0.05, 0.1) is 19.4 Å². The van der Waals surface area contributed by atoms with Crippen molar-refractivity contribution in [3.05, 3.63) is 59.1 Å². The average Bonchev–Trinajstić information content (AvgIpc) is 2.76. The van der Waals surface area contributed by atoms with Gasteiger partial charge in [-0.25, -0.2) is 10.4 Å². The molecule has 0 spiro atoms. The van der Waals surface area contributed by atoms with E-state index in [1.54, 1.807) is 36.4 Å². The molecule has 1 fully saturated rings. The number of para-hydroxylation sites is 1. The van der Waals surface area contributed by atoms with Gasteiger partial charge in [0.1, 0.15) is 5.75 Å². The van der Waals surface area contributed by atoms with Gasteiger partial charge in [-0.05, 0) is 30.3 Å². The second-order valence-electron chi connectivity index (χ2n) is 6.58. The number of benzene rings is 2. The molecule has 11 heteroatoms. The number of phenolic OH excluding ortho intramolecular Hbond substituents is 1. The fourth-order valence-electron chi connectivity index (χ4n) is 2.80. The molecule has 0 saturated carbocycles. The number of rotatable bonds is 7. The number of nitrogens with one attached hydrogen (secondary N) is 3. The van der Waals surface area contributed by atoms with Gasteiger partial charge in [-0.1, -0.05) is 29.8 Å². The van der Waals surface area contributed by atoms with Crippen molar-refractivity contribution in [2.45, 2.75) is 0 Å². The van der Waals surface area contributed by atoms with E-state index >= 15 is 0 Å². The van der Waals surface area contributed by atoms with E-state index in [0.717, 1.165) is 5.69 Å². The molecule has 31 heavy (non-hydrogen) atoms. The van der Waals surface area contributed by atoms with Crippen LogP contribution in [0.15, 0.2) is 53.6 Å². The topological polar surface area (TPSA) is 120 Å². The van der Waals surface area contributed by atoms with Crippen LogP contribution in [0.5, 0.6) is 5.75 Å². The summed E-state index contributed by atoms with van der Waals surface area (Å²) >= 11 is 6.07. The highest BCUT2D eigenvalue weighted by molar-refractivity contribution is 6.30. The molecule has 0 amide bonds. The van der Waals surface area contributed by atoms with E-state index in [4.69, 9.17) is 16.3 Å². The Kier molecular flexibility index (Phi) is 6.72. The molecule has 4 rings (SSSR count). The predicted octanol–water partition coefficient (Wildman–Crippen LogP) is 3.08. The fraction of sp³-hybridized carbons (Fsp3) is 0.200. The lowest BCUT2D eigenvalue weighted by Gasteiger charge is -2.26. The molecule has 0 radical (unpaired) electrons. The fourth-order valence-corrected chi connectivity index (χ4v) is 2.99. The highest BCUT2D eigenvalue weighted by Gasteiger charge is 2.13. The average molecular weight is 441 g/mol. The van der Waals surface area contributed by atoms with E-state index in [9.17, 15) is 5.11 Å². The third kappa shape index (κ3) is 6.01. The Morgan fingerprint density at radius 3 is 2.58 bits per heavy atom.